The molecule has 1 aliphatic rings. The molecule has 36 heavy (non-hydrogen) atoms. The Kier molecular flexibility index (Phi) is 7.67. The largest absolute Gasteiger partial charge is 0.387 e. The van der Waals surface area contributed by atoms with Gasteiger partial charge < -0.3 is 30.5 Å². The molecule has 4 N–H and O–H groups in total. The normalized spacial score (nSPS) is 18.2. The first-order valence-electron chi connectivity index (χ1n) is 12.2. The summed E-state index contributed by atoms with van der Waals surface area (Å²) in [6.45, 7) is 9.37. The van der Waals surface area contributed by atoms with E-state index in [1.165, 1.54) is 5.56 Å². The standard InChI is InChI=1S/C25H35ClN8O2/c1-24(2,3)17-6-8-18(9-7-17)30-23(35)27-11-5-12-33(4)14-25(36)10-13-34(15-25)21-19-20(29-16-28-19)31-22(26)32-21/h6-9,16,36H,5,10-15H2,1-4H3,(H2,27,30,35)(H,28,29,31,32). The molecule has 2 amide bonds. The van der Waals surface area contributed by atoms with Gasteiger partial charge in [-0.05, 0) is 61.1 Å². The van der Waals surface area contributed by atoms with Gasteiger partial charge in [0.2, 0.25) is 5.28 Å². The number of aromatic nitrogens is 4. The van der Waals surface area contributed by atoms with Gasteiger partial charge in [0.25, 0.3) is 0 Å². The number of benzene rings is 1. The molecule has 11 heteroatoms. The summed E-state index contributed by atoms with van der Waals surface area (Å²) < 4.78 is 0. The molecular formula is C25H35ClN8O2. The lowest BCUT2D eigenvalue weighted by Gasteiger charge is -2.29. The second kappa shape index (κ2) is 10.6. The SMILES string of the molecule is CN(CCCNC(=O)Nc1ccc(C(C)(C)C)cc1)CC1(O)CCN(c2nc(Cl)nc3nc[nH]c23)C1. The molecule has 10 nitrogen and oxygen atoms in total. The van der Waals surface area contributed by atoms with Crippen LogP contribution >= 0.6 is 11.6 Å². The average molecular weight is 515 g/mol. The number of nitrogens with one attached hydrogen (secondary N) is 3. The van der Waals surface area contributed by atoms with Crippen LogP contribution in [-0.4, -0.2) is 81.3 Å². The third-order valence-corrected chi connectivity index (χ3v) is 6.62. The molecule has 1 atom stereocenters. The Morgan fingerprint density at radius 1 is 1.28 bits per heavy atom. The van der Waals surface area contributed by atoms with Crippen LogP contribution in [0, 0.1) is 0 Å². The summed E-state index contributed by atoms with van der Waals surface area (Å²) in [4.78, 5) is 32.0. The fraction of sp³-hybridized carbons (Fsp3) is 0.520. The number of urea groups is 1. The average Bonchev–Trinajstić information content (AvgIpc) is 3.42. The minimum Gasteiger partial charge on any atom is -0.387 e. The number of fused-ring (bicyclic) bond motifs is 1. The van der Waals surface area contributed by atoms with Gasteiger partial charge in [-0.2, -0.15) is 9.97 Å². The Morgan fingerprint density at radius 3 is 2.75 bits per heavy atom. The van der Waals surface area contributed by atoms with Crippen LogP contribution in [0.4, 0.5) is 16.3 Å². The maximum absolute atomic E-state index is 12.2. The number of hydrogen-bond donors (Lipinski definition) is 4. The Bertz CT molecular complexity index is 1190. The summed E-state index contributed by atoms with van der Waals surface area (Å²) >= 11 is 6.07. The highest BCUT2D eigenvalue weighted by atomic mass is 35.5. The Labute approximate surface area is 216 Å². The second-order valence-corrected chi connectivity index (χ2v) is 11.0. The molecule has 3 aromatic rings. The Morgan fingerprint density at radius 2 is 2.03 bits per heavy atom. The molecule has 0 saturated carbocycles. The van der Waals surface area contributed by atoms with Gasteiger partial charge in [-0.25, -0.2) is 9.78 Å². The molecule has 0 bridgehead atoms. The molecule has 1 saturated heterocycles. The van der Waals surface area contributed by atoms with Gasteiger partial charge in [-0.15, -0.1) is 0 Å². The first kappa shape index (κ1) is 26.1. The van der Waals surface area contributed by atoms with E-state index in [9.17, 15) is 9.90 Å². The van der Waals surface area contributed by atoms with E-state index in [1.807, 2.05) is 36.2 Å². The summed E-state index contributed by atoms with van der Waals surface area (Å²) in [5, 5.41) is 17.1. The third kappa shape index (κ3) is 6.43. The molecule has 1 aromatic carbocycles. The van der Waals surface area contributed by atoms with Crippen LogP contribution in [0.1, 0.15) is 39.2 Å². The highest BCUT2D eigenvalue weighted by Crippen LogP contribution is 2.30. The van der Waals surface area contributed by atoms with Crippen molar-refractivity contribution in [3.05, 3.63) is 41.4 Å². The zero-order chi connectivity index (χ0) is 25.9. The number of halogens is 1. The highest BCUT2D eigenvalue weighted by Gasteiger charge is 2.38. The van der Waals surface area contributed by atoms with Crippen LogP contribution in [0.5, 0.6) is 0 Å². The summed E-state index contributed by atoms with van der Waals surface area (Å²) in [7, 11) is 1.98. The number of aromatic amines is 1. The third-order valence-electron chi connectivity index (χ3n) is 6.45. The monoisotopic (exact) mass is 514 g/mol. The minimum atomic E-state index is -0.872. The summed E-state index contributed by atoms with van der Waals surface area (Å²) in [6, 6.07) is 7.70. The lowest BCUT2D eigenvalue weighted by atomic mass is 9.87. The molecule has 4 rings (SSSR count). The predicted molar refractivity (Wildman–Crippen MR) is 143 cm³/mol. The quantitative estimate of drug-likeness (QED) is 0.268. The van der Waals surface area contributed by atoms with Crippen molar-refractivity contribution < 1.29 is 9.90 Å². The summed E-state index contributed by atoms with van der Waals surface area (Å²) in [6.07, 6.45) is 2.94. The van der Waals surface area contributed by atoms with E-state index in [1.54, 1.807) is 6.33 Å². The summed E-state index contributed by atoms with van der Waals surface area (Å²) in [5.41, 5.74) is 2.42. The summed E-state index contributed by atoms with van der Waals surface area (Å²) in [5.74, 6) is 0.657. The Hall–Kier alpha value is -2.95. The smallest absolute Gasteiger partial charge is 0.319 e. The molecule has 3 heterocycles. The van der Waals surface area contributed by atoms with Crippen molar-refractivity contribution in [3.63, 3.8) is 0 Å². The van der Waals surface area contributed by atoms with Crippen LogP contribution in [0.25, 0.3) is 11.2 Å². The number of nitrogens with zero attached hydrogens (tertiary/aromatic N) is 5. The van der Waals surface area contributed by atoms with E-state index in [0.29, 0.717) is 49.6 Å². The maximum atomic E-state index is 12.2. The molecule has 0 spiro atoms. The second-order valence-electron chi connectivity index (χ2n) is 10.6. The van der Waals surface area contributed by atoms with Gasteiger partial charge in [0.15, 0.2) is 11.5 Å². The fourth-order valence-electron chi connectivity index (χ4n) is 4.55. The zero-order valence-electron chi connectivity index (χ0n) is 21.3. The zero-order valence-corrected chi connectivity index (χ0v) is 22.1. The highest BCUT2D eigenvalue weighted by molar-refractivity contribution is 6.28. The number of imidazole rings is 1. The number of H-pyrrole nitrogens is 1. The van der Waals surface area contributed by atoms with Crippen LogP contribution in [-0.2, 0) is 5.41 Å². The van der Waals surface area contributed by atoms with E-state index in [4.69, 9.17) is 11.6 Å². The molecule has 2 aromatic heterocycles. The number of amides is 2. The van der Waals surface area contributed by atoms with Crippen LogP contribution < -0.4 is 15.5 Å². The van der Waals surface area contributed by atoms with E-state index in [2.05, 4.69) is 56.2 Å². The lowest BCUT2D eigenvalue weighted by Crippen LogP contribution is -2.44. The molecular weight excluding hydrogens is 480 g/mol. The topological polar surface area (TPSA) is 122 Å². The number of rotatable bonds is 8. The number of hydrogen-bond acceptors (Lipinski definition) is 7. The van der Waals surface area contributed by atoms with Crippen LogP contribution in [0.2, 0.25) is 5.28 Å². The number of aliphatic hydroxyl groups is 1. The first-order valence-corrected chi connectivity index (χ1v) is 12.6. The number of likely N-dealkylation sites (N-methyl/N-ethyl adjacent to an activating group) is 1. The van der Waals surface area contributed by atoms with Crippen molar-refractivity contribution in [2.24, 2.45) is 0 Å². The van der Waals surface area contributed by atoms with E-state index in [-0.39, 0.29) is 16.7 Å². The van der Waals surface area contributed by atoms with Crippen LogP contribution in [0.15, 0.2) is 30.6 Å². The number of carbonyl (C=O) groups is 1. The van der Waals surface area contributed by atoms with Gasteiger partial charge in [-0.3, -0.25) is 0 Å². The van der Waals surface area contributed by atoms with Gasteiger partial charge in [0.1, 0.15) is 5.52 Å². The predicted octanol–water partition coefficient (Wildman–Crippen LogP) is 3.39. The van der Waals surface area contributed by atoms with Crippen molar-refractivity contribution in [3.8, 4) is 0 Å². The Balaban J connectivity index is 1.20. The van der Waals surface area contributed by atoms with E-state index in [0.717, 1.165) is 18.7 Å². The maximum Gasteiger partial charge on any atom is 0.319 e. The number of anilines is 2. The van der Waals surface area contributed by atoms with Gasteiger partial charge in [0.05, 0.1) is 11.9 Å². The van der Waals surface area contributed by atoms with Gasteiger partial charge in [0, 0.05) is 31.9 Å². The number of β-amino-alcohol motifs (C(OH)–C–C–N with tert-alkyl or cyclic N) is 1. The van der Waals surface area contributed by atoms with Gasteiger partial charge >= 0.3 is 6.03 Å². The van der Waals surface area contributed by atoms with Crippen LogP contribution in [0.3, 0.4) is 0 Å². The van der Waals surface area contributed by atoms with Crippen molar-refractivity contribution in [2.75, 3.05) is 50.0 Å². The molecule has 0 aliphatic carbocycles. The molecule has 1 unspecified atom stereocenters. The van der Waals surface area contributed by atoms with Crippen molar-refractivity contribution >= 4 is 40.3 Å². The molecule has 1 fully saturated rings. The van der Waals surface area contributed by atoms with Gasteiger partial charge in [-0.1, -0.05) is 32.9 Å². The van der Waals surface area contributed by atoms with Crippen molar-refractivity contribution in [1.29, 1.82) is 0 Å². The van der Waals surface area contributed by atoms with E-state index >= 15 is 0 Å². The van der Waals surface area contributed by atoms with Crippen molar-refractivity contribution in [2.45, 2.75) is 44.6 Å². The number of carbonyl (C=O) groups excluding carboxylic acids is 1. The first-order chi connectivity index (χ1) is 17.0. The van der Waals surface area contributed by atoms with E-state index < -0.39 is 5.60 Å². The minimum absolute atomic E-state index is 0.0760. The van der Waals surface area contributed by atoms with Crippen molar-refractivity contribution in [1.82, 2.24) is 30.2 Å². The lowest BCUT2D eigenvalue weighted by molar-refractivity contribution is 0.0298. The molecule has 1 aliphatic heterocycles. The molecule has 0 radical (unpaired) electrons. The fourth-order valence-corrected chi connectivity index (χ4v) is 4.71. The molecule has 194 valence electrons.